The van der Waals surface area contributed by atoms with Crippen molar-refractivity contribution in [2.24, 2.45) is 17.8 Å². The molecule has 5 heterocycles. The topological polar surface area (TPSA) is 287 Å². The van der Waals surface area contributed by atoms with Crippen LogP contribution in [0.2, 0.25) is 20.1 Å². The molecule has 3 aliphatic heterocycles. The normalized spacial score (nSPS) is 15.6. The van der Waals surface area contributed by atoms with Crippen molar-refractivity contribution in [3.05, 3.63) is 197 Å². The van der Waals surface area contributed by atoms with E-state index in [0.717, 1.165) is 23.3 Å². The SMILES string of the molecule is CC(OC(=O)OCC1COC(C)(C)OC1)OC(=O)[C@@H](CC(=O)c1c(Cl)cc2c(c1Cl)CCN(C(=O)c1ccc3ccoc3c1)C2)Cc1cccc(S(C)(=O)=O)c1.CS(=O)(=O)c1cccc(C[C@H](CC(=O)c2c(Cl)cc3c(c2Cl)CCN(C(=O)c2ccc4ccoc4c2)C3)C(=O)O)c1. The van der Waals surface area contributed by atoms with Gasteiger partial charge in [0, 0.05) is 86.3 Å². The molecule has 0 aliphatic carbocycles. The van der Waals surface area contributed by atoms with E-state index in [0.29, 0.717) is 94.8 Å². The van der Waals surface area contributed by atoms with Crippen LogP contribution >= 0.6 is 46.4 Å². The third-order valence-electron chi connectivity index (χ3n) is 16.8. The van der Waals surface area contributed by atoms with E-state index < -0.39 is 79.7 Å². The van der Waals surface area contributed by atoms with Crippen molar-refractivity contribution in [3.8, 4) is 0 Å². The van der Waals surface area contributed by atoms with Crippen molar-refractivity contribution < 1.29 is 88.0 Å². The first-order chi connectivity index (χ1) is 45.9. The number of hydrogen-bond donors (Lipinski definition) is 1. The van der Waals surface area contributed by atoms with E-state index in [2.05, 4.69) is 0 Å². The fourth-order valence-corrected chi connectivity index (χ4v) is 14.7. The van der Waals surface area contributed by atoms with Gasteiger partial charge in [-0.05, 0) is 146 Å². The van der Waals surface area contributed by atoms with Gasteiger partial charge in [-0.15, -0.1) is 0 Å². The van der Waals surface area contributed by atoms with Crippen molar-refractivity contribution in [1.82, 2.24) is 9.80 Å². The predicted molar refractivity (Wildman–Crippen MR) is 359 cm³/mol. The minimum Gasteiger partial charge on any atom is -0.481 e. The number of fused-ring (bicyclic) bond motifs is 4. The number of carbonyl (C=O) groups excluding carboxylic acids is 6. The number of carbonyl (C=O) groups is 7. The molecule has 0 bridgehead atoms. The number of rotatable bonds is 20. The standard InChI is InChI=1S/C40H41Cl2NO12S.C30H25Cl2NO7S/c1-23(55-39(47)51-20-25-21-52-40(2,3)53-22-25)54-38(46)28(14-24-6-5-7-30(15-24)56(4,48)49)17-33(44)35-32(41)16-29-19-43(12-10-31(29)36(35)42)37(45)27-9-8-26-11-13-50-34(26)18-27;1-41(38,39)22-4-2-3-17(12-22)11-20(30(36)37)14-25(34)27-24(31)13-21-16-33(9-7-23(21)28(27)32)29(35)19-6-5-18-8-10-40-26(18)15-19/h5-9,11,13,15-16,18,23,25,28H,10,12,14,17,19-22H2,1-4H3;2-6,8,10,12-13,15,20H,7,9,11,14,16H2,1H3,(H,36,37)/t23?,28-;20-/m11/s1. The van der Waals surface area contributed by atoms with E-state index in [-0.39, 0.29) is 97.7 Å². The maximum absolute atomic E-state index is 14.0. The average Bonchev–Trinajstić information content (AvgIpc) is 1.07. The highest BCUT2D eigenvalue weighted by molar-refractivity contribution is 7.91. The number of benzene rings is 6. The summed E-state index contributed by atoms with van der Waals surface area (Å²) in [6, 6.07) is 29.3. The zero-order valence-corrected chi connectivity index (χ0v) is 57.7. The summed E-state index contributed by atoms with van der Waals surface area (Å²) in [5.74, 6) is -6.83. The fraction of sp³-hybridized carbons (Fsp3) is 0.329. The van der Waals surface area contributed by atoms with Crippen LogP contribution in [0, 0.1) is 17.8 Å². The third kappa shape index (κ3) is 17.4. The number of hydrogen-bond acceptors (Lipinski definition) is 18. The number of carboxylic acids is 1. The molecule has 8 aromatic rings. The first-order valence-electron chi connectivity index (χ1n) is 30.6. The second-order valence-corrected chi connectivity index (χ2v) is 30.1. The number of nitrogens with zero attached hydrogens (tertiary/aromatic N) is 2. The lowest BCUT2D eigenvalue weighted by molar-refractivity contribution is -0.265. The van der Waals surface area contributed by atoms with Gasteiger partial charge in [0.25, 0.3) is 11.8 Å². The molecule has 0 saturated carbocycles. The van der Waals surface area contributed by atoms with Gasteiger partial charge >= 0.3 is 18.1 Å². The predicted octanol–water partition coefficient (Wildman–Crippen LogP) is 13.1. The lowest BCUT2D eigenvalue weighted by atomic mass is 9.89. The molecule has 97 heavy (non-hydrogen) atoms. The number of furan rings is 2. The first kappa shape index (κ1) is 71.6. The molecule has 2 amide bonds. The number of ketones is 2. The largest absolute Gasteiger partial charge is 0.511 e. The summed E-state index contributed by atoms with van der Waals surface area (Å²) >= 11 is 26.8. The number of amides is 2. The smallest absolute Gasteiger partial charge is 0.481 e. The Balaban J connectivity index is 0.000000221. The van der Waals surface area contributed by atoms with Gasteiger partial charge in [-0.25, -0.2) is 21.6 Å². The number of esters is 1. The maximum atomic E-state index is 14.0. The molecule has 11 rings (SSSR count). The molecule has 3 atom stereocenters. The van der Waals surface area contributed by atoms with Gasteiger partial charge in [0.15, 0.2) is 37.0 Å². The van der Waals surface area contributed by atoms with Crippen LogP contribution in [0.15, 0.2) is 140 Å². The Morgan fingerprint density at radius 3 is 1.52 bits per heavy atom. The molecule has 1 saturated heterocycles. The average molecular weight is 1450 g/mol. The quantitative estimate of drug-likeness (QED) is 0.0421. The first-order valence-corrected chi connectivity index (χ1v) is 35.9. The molecule has 0 radical (unpaired) electrons. The van der Waals surface area contributed by atoms with E-state index in [4.69, 9.17) is 78.9 Å². The number of carboxylic acid groups (broad SMARTS) is 1. The summed E-state index contributed by atoms with van der Waals surface area (Å²) in [6.07, 6.45) is 2.51. The number of ether oxygens (including phenoxy) is 5. The van der Waals surface area contributed by atoms with E-state index >= 15 is 0 Å². The highest BCUT2D eigenvalue weighted by atomic mass is 35.5. The summed E-state index contributed by atoms with van der Waals surface area (Å²) in [5.41, 5.74) is 5.86. The minimum absolute atomic E-state index is 0.00440. The van der Waals surface area contributed by atoms with Crippen molar-refractivity contribution in [2.45, 2.75) is 94.3 Å². The van der Waals surface area contributed by atoms with Crippen LogP contribution < -0.4 is 0 Å². The van der Waals surface area contributed by atoms with E-state index in [1.165, 1.54) is 43.3 Å². The van der Waals surface area contributed by atoms with Crippen molar-refractivity contribution in [1.29, 1.82) is 0 Å². The minimum atomic E-state index is -3.59. The highest BCUT2D eigenvalue weighted by Crippen LogP contribution is 2.39. The van der Waals surface area contributed by atoms with Gasteiger partial charge in [-0.1, -0.05) is 82.8 Å². The second-order valence-electron chi connectivity index (χ2n) is 24.5. The Hall–Kier alpha value is -8.13. The zero-order chi connectivity index (χ0) is 69.8. The van der Waals surface area contributed by atoms with Crippen LogP contribution in [0.3, 0.4) is 0 Å². The molecule has 3 aliphatic rings. The molecule has 27 heteroatoms. The fourth-order valence-electron chi connectivity index (χ4n) is 11.7. The zero-order valence-electron chi connectivity index (χ0n) is 53.1. The highest BCUT2D eigenvalue weighted by Gasteiger charge is 2.35. The van der Waals surface area contributed by atoms with Crippen LogP contribution in [0.4, 0.5) is 4.79 Å². The molecule has 510 valence electrons. The van der Waals surface area contributed by atoms with Crippen LogP contribution in [0.5, 0.6) is 0 Å². The van der Waals surface area contributed by atoms with Crippen LogP contribution in [-0.2, 0) is 91.7 Å². The molecule has 1 N–H and O–H groups in total. The van der Waals surface area contributed by atoms with Crippen molar-refractivity contribution in [2.75, 3.05) is 45.4 Å². The molecule has 1 unspecified atom stereocenters. The maximum Gasteiger partial charge on any atom is 0.511 e. The van der Waals surface area contributed by atoms with Crippen LogP contribution in [0.25, 0.3) is 21.9 Å². The van der Waals surface area contributed by atoms with Gasteiger partial charge in [0.1, 0.15) is 17.8 Å². The molecule has 21 nitrogen and oxygen atoms in total. The molecule has 2 aromatic heterocycles. The summed E-state index contributed by atoms with van der Waals surface area (Å²) in [6.45, 7) is 6.56. The van der Waals surface area contributed by atoms with Gasteiger partial charge in [-0.2, -0.15) is 0 Å². The summed E-state index contributed by atoms with van der Waals surface area (Å²) in [4.78, 5) is 95.6. The third-order valence-corrected chi connectivity index (χ3v) is 20.5. The second kappa shape index (κ2) is 29.9. The Kier molecular flexibility index (Phi) is 22.1. The lowest BCUT2D eigenvalue weighted by Crippen LogP contribution is -2.41. The lowest BCUT2D eigenvalue weighted by Gasteiger charge is -2.34. The number of halogens is 4. The number of aliphatic carboxylic acids is 1. The molecule has 0 spiro atoms. The van der Waals surface area contributed by atoms with Gasteiger partial charge in [0.2, 0.25) is 6.29 Å². The molecule has 6 aromatic carbocycles. The molecular weight excluding hydrogens is 1380 g/mol. The van der Waals surface area contributed by atoms with Crippen LogP contribution in [0.1, 0.15) is 108 Å². The van der Waals surface area contributed by atoms with E-state index in [1.54, 1.807) is 84.7 Å². The summed E-state index contributed by atoms with van der Waals surface area (Å²) in [5, 5.41) is 12.0. The van der Waals surface area contributed by atoms with Crippen molar-refractivity contribution in [3.63, 3.8) is 0 Å². The van der Waals surface area contributed by atoms with Crippen molar-refractivity contribution >= 4 is 129 Å². The number of Topliss-reactive ketones (excluding diaryl/α,β-unsaturated/α-hetero) is 2. The van der Waals surface area contributed by atoms with Crippen LogP contribution in [-0.4, -0.2) is 131 Å². The van der Waals surface area contributed by atoms with Gasteiger partial charge in [0.05, 0.1) is 78.6 Å². The van der Waals surface area contributed by atoms with E-state index in [9.17, 15) is 55.5 Å². The van der Waals surface area contributed by atoms with Gasteiger partial charge in [-0.3, -0.25) is 28.8 Å². The summed E-state index contributed by atoms with van der Waals surface area (Å²) < 4.78 is 86.2. The Morgan fingerprint density at radius 2 is 1.06 bits per heavy atom. The number of sulfone groups is 2. The molecular formula is C70H66Cl4N2O19S2. The summed E-state index contributed by atoms with van der Waals surface area (Å²) in [7, 11) is -7.06. The molecule has 1 fully saturated rings. The Labute approximate surface area is 578 Å². The van der Waals surface area contributed by atoms with E-state index in [1.807, 2.05) is 24.3 Å². The monoisotopic (exact) mass is 1440 g/mol. The Bertz CT molecular complexity index is 4650. The van der Waals surface area contributed by atoms with Gasteiger partial charge < -0.3 is 47.4 Å². The Morgan fingerprint density at radius 1 is 0.608 bits per heavy atom.